The van der Waals surface area contributed by atoms with E-state index in [1.807, 2.05) is 13.8 Å². The molecule has 0 aromatic carbocycles. The van der Waals surface area contributed by atoms with Gasteiger partial charge in [-0.15, -0.1) is 0 Å². The van der Waals surface area contributed by atoms with Gasteiger partial charge in [0.15, 0.2) is 0 Å². The van der Waals surface area contributed by atoms with Crippen LogP contribution in [0.25, 0.3) is 0 Å². The van der Waals surface area contributed by atoms with Crippen LogP contribution >= 0.6 is 0 Å². The number of methoxy groups -OCH3 is 1. The Morgan fingerprint density at radius 2 is 2.20 bits per heavy atom. The Hall–Kier alpha value is -0.160. The molecule has 1 aliphatic heterocycles. The minimum atomic E-state index is -0.646. The number of nitrogens with two attached hydrogens (primary N) is 1. The van der Waals surface area contributed by atoms with E-state index in [1.54, 1.807) is 7.11 Å². The molecule has 4 heteroatoms. The average Bonchev–Trinajstić information content (AvgIpc) is 2.16. The van der Waals surface area contributed by atoms with Gasteiger partial charge < -0.3 is 15.6 Å². The van der Waals surface area contributed by atoms with Gasteiger partial charge in [-0.1, -0.05) is 0 Å². The van der Waals surface area contributed by atoms with Crippen molar-refractivity contribution in [3.8, 4) is 0 Å². The van der Waals surface area contributed by atoms with E-state index >= 15 is 0 Å². The fourth-order valence-corrected chi connectivity index (χ4v) is 2.23. The molecule has 0 radical (unpaired) electrons. The molecule has 0 aromatic rings. The molecule has 0 bridgehead atoms. The second-order valence-corrected chi connectivity index (χ2v) is 5.05. The van der Waals surface area contributed by atoms with Gasteiger partial charge in [-0.2, -0.15) is 0 Å². The summed E-state index contributed by atoms with van der Waals surface area (Å²) in [7, 11) is 1.75. The van der Waals surface area contributed by atoms with Crippen molar-refractivity contribution in [3.63, 3.8) is 0 Å². The third-order valence-corrected chi connectivity index (χ3v) is 2.99. The SMILES string of the molecule is COC1CCN(CC(C)(C)O)C(CN)C1. The van der Waals surface area contributed by atoms with Gasteiger partial charge in [-0.05, 0) is 26.7 Å². The van der Waals surface area contributed by atoms with Crippen LogP contribution in [0.1, 0.15) is 26.7 Å². The van der Waals surface area contributed by atoms with Crippen molar-refractivity contribution < 1.29 is 9.84 Å². The first kappa shape index (κ1) is 12.9. The number of likely N-dealkylation sites (tertiary alicyclic amines) is 1. The maximum atomic E-state index is 9.79. The molecule has 0 spiro atoms. The van der Waals surface area contributed by atoms with Crippen molar-refractivity contribution in [1.82, 2.24) is 4.90 Å². The van der Waals surface area contributed by atoms with Crippen molar-refractivity contribution >= 4 is 0 Å². The first-order valence-corrected chi connectivity index (χ1v) is 5.65. The zero-order valence-electron chi connectivity index (χ0n) is 10.1. The summed E-state index contributed by atoms with van der Waals surface area (Å²) in [5.74, 6) is 0. The molecule has 1 aliphatic rings. The highest BCUT2D eigenvalue weighted by atomic mass is 16.5. The lowest BCUT2D eigenvalue weighted by Gasteiger charge is -2.40. The lowest BCUT2D eigenvalue weighted by molar-refractivity contribution is -0.0270. The van der Waals surface area contributed by atoms with E-state index in [2.05, 4.69) is 4.90 Å². The molecule has 1 saturated heterocycles. The molecule has 3 N–H and O–H groups in total. The minimum absolute atomic E-state index is 0.330. The molecule has 2 atom stereocenters. The molecule has 90 valence electrons. The Morgan fingerprint density at radius 3 is 2.67 bits per heavy atom. The summed E-state index contributed by atoms with van der Waals surface area (Å²) in [5, 5.41) is 9.79. The predicted octanol–water partition coefficient (Wildman–Crippen LogP) is 0.195. The van der Waals surface area contributed by atoms with Crippen LogP contribution in [0.2, 0.25) is 0 Å². The Labute approximate surface area is 92.4 Å². The molecular weight excluding hydrogens is 192 g/mol. The van der Waals surface area contributed by atoms with E-state index in [9.17, 15) is 5.11 Å². The smallest absolute Gasteiger partial charge is 0.0718 e. The predicted molar refractivity (Wildman–Crippen MR) is 60.7 cm³/mol. The lowest BCUT2D eigenvalue weighted by atomic mass is 9.97. The molecular formula is C11H24N2O2. The largest absolute Gasteiger partial charge is 0.389 e. The molecule has 0 amide bonds. The van der Waals surface area contributed by atoms with E-state index in [1.165, 1.54) is 0 Å². The number of hydrogen-bond acceptors (Lipinski definition) is 4. The first-order valence-electron chi connectivity index (χ1n) is 5.65. The van der Waals surface area contributed by atoms with Gasteiger partial charge in [-0.3, -0.25) is 4.90 Å². The van der Waals surface area contributed by atoms with E-state index in [0.717, 1.165) is 19.4 Å². The fraction of sp³-hybridized carbons (Fsp3) is 1.00. The lowest BCUT2D eigenvalue weighted by Crippen LogP contribution is -2.52. The maximum absolute atomic E-state index is 9.79. The normalized spacial score (nSPS) is 29.4. The summed E-state index contributed by atoms with van der Waals surface area (Å²) in [6, 6.07) is 0.343. The maximum Gasteiger partial charge on any atom is 0.0718 e. The molecule has 0 aliphatic carbocycles. The molecule has 1 heterocycles. The summed E-state index contributed by atoms with van der Waals surface area (Å²) < 4.78 is 5.36. The van der Waals surface area contributed by atoms with Gasteiger partial charge >= 0.3 is 0 Å². The fourth-order valence-electron chi connectivity index (χ4n) is 2.23. The van der Waals surface area contributed by atoms with Gasteiger partial charge in [0.25, 0.3) is 0 Å². The van der Waals surface area contributed by atoms with E-state index < -0.39 is 5.60 Å². The summed E-state index contributed by atoms with van der Waals surface area (Å²) in [5.41, 5.74) is 5.11. The van der Waals surface area contributed by atoms with Crippen LogP contribution in [-0.2, 0) is 4.74 Å². The highest BCUT2D eigenvalue weighted by Gasteiger charge is 2.30. The topological polar surface area (TPSA) is 58.7 Å². The van der Waals surface area contributed by atoms with Crippen LogP contribution in [0.4, 0.5) is 0 Å². The molecule has 2 unspecified atom stereocenters. The van der Waals surface area contributed by atoms with Gasteiger partial charge in [0, 0.05) is 32.8 Å². The van der Waals surface area contributed by atoms with Gasteiger partial charge in [0.1, 0.15) is 0 Å². The van der Waals surface area contributed by atoms with Crippen molar-refractivity contribution in [2.75, 3.05) is 26.7 Å². The quantitative estimate of drug-likeness (QED) is 0.704. The summed E-state index contributed by atoms with van der Waals surface area (Å²) >= 11 is 0. The highest BCUT2D eigenvalue weighted by molar-refractivity contribution is 4.86. The molecule has 0 saturated carbocycles. The zero-order valence-corrected chi connectivity index (χ0v) is 10.1. The zero-order chi connectivity index (χ0) is 11.5. The third-order valence-electron chi connectivity index (χ3n) is 2.99. The minimum Gasteiger partial charge on any atom is -0.389 e. The van der Waals surface area contributed by atoms with Crippen molar-refractivity contribution in [2.45, 2.75) is 44.4 Å². The Morgan fingerprint density at radius 1 is 1.53 bits per heavy atom. The first-order chi connectivity index (χ1) is 6.96. The second-order valence-electron chi connectivity index (χ2n) is 5.05. The Balaban J connectivity index is 2.51. The van der Waals surface area contributed by atoms with E-state index in [4.69, 9.17) is 10.5 Å². The monoisotopic (exact) mass is 216 g/mol. The average molecular weight is 216 g/mol. The van der Waals surface area contributed by atoms with Gasteiger partial charge in [0.2, 0.25) is 0 Å². The van der Waals surface area contributed by atoms with E-state index in [-0.39, 0.29) is 0 Å². The van der Waals surface area contributed by atoms with Crippen LogP contribution in [0.5, 0.6) is 0 Å². The van der Waals surface area contributed by atoms with Crippen LogP contribution < -0.4 is 5.73 Å². The van der Waals surface area contributed by atoms with Crippen molar-refractivity contribution in [2.24, 2.45) is 5.73 Å². The van der Waals surface area contributed by atoms with Gasteiger partial charge in [-0.25, -0.2) is 0 Å². The second kappa shape index (κ2) is 5.25. The van der Waals surface area contributed by atoms with Crippen molar-refractivity contribution in [3.05, 3.63) is 0 Å². The van der Waals surface area contributed by atoms with E-state index in [0.29, 0.717) is 25.2 Å². The van der Waals surface area contributed by atoms with Crippen LogP contribution in [0.3, 0.4) is 0 Å². The number of piperidine rings is 1. The van der Waals surface area contributed by atoms with Crippen LogP contribution in [0, 0.1) is 0 Å². The van der Waals surface area contributed by atoms with Crippen LogP contribution in [-0.4, -0.2) is 54.5 Å². The van der Waals surface area contributed by atoms with Crippen molar-refractivity contribution in [1.29, 1.82) is 0 Å². The van der Waals surface area contributed by atoms with Crippen LogP contribution in [0.15, 0.2) is 0 Å². The molecule has 4 nitrogen and oxygen atoms in total. The summed E-state index contributed by atoms with van der Waals surface area (Å²) in [4.78, 5) is 2.27. The number of β-amino-alcohol motifs (C(OH)–C–C–N with tert-alkyl or cyclic N) is 1. The number of rotatable bonds is 4. The Kier molecular flexibility index (Phi) is 4.52. The molecule has 1 fully saturated rings. The standard InChI is InChI=1S/C11H24N2O2/c1-11(2,14)8-13-5-4-10(15-3)6-9(13)7-12/h9-10,14H,4-8,12H2,1-3H3. The number of nitrogens with zero attached hydrogens (tertiary/aromatic N) is 1. The molecule has 1 rings (SSSR count). The number of aliphatic hydroxyl groups is 1. The summed E-state index contributed by atoms with van der Waals surface area (Å²) in [6.45, 7) is 5.96. The Bertz CT molecular complexity index is 192. The third kappa shape index (κ3) is 4.07. The summed E-state index contributed by atoms with van der Waals surface area (Å²) in [6.07, 6.45) is 2.34. The number of hydrogen-bond donors (Lipinski definition) is 2. The number of ether oxygens (including phenoxy) is 1. The highest BCUT2D eigenvalue weighted by Crippen LogP contribution is 2.21. The molecule has 0 aromatic heterocycles. The van der Waals surface area contributed by atoms with Gasteiger partial charge in [0.05, 0.1) is 11.7 Å². The molecule has 15 heavy (non-hydrogen) atoms.